The summed E-state index contributed by atoms with van der Waals surface area (Å²) in [7, 11) is 0. The third-order valence-electron chi connectivity index (χ3n) is 6.29. The van der Waals surface area contributed by atoms with Gasteiger partial charge in [-0.3, -0.25) is 0 Å². The molecule has 4 nitrogen and oxygen atoms in total. The Morgan fingerprint density at radius 1 is 0.839 bits per heavy atom. The summed E-state index contributed by atoms with van der Waals surface area (Å²) in [5.74, 6) is 1.71. The van der Waals surface area contributed by atoms with E-state index in [0.29, 0.717) is 0 Å². The first-order valence-electron chi connectivity index (χ1n) is 10.9. The van der Waals surface area contributed by atoms with Crippen LogP contribution in [-0.2, 0) is 5.54 Å². The maximum atomic E-state index is 6.54. The number of fused-ring (bicyclic) bond motifs is 6. The molecular formula is C26H27N3OS. The predicted octanol–water partition coefficient (Wildman–Crippen LogP) is 5.84. The zero-order chi connectivity index (χ0) is 21.8. The molecule has 158 valence electrons. The van der Waals surface area contributed by atoms with Crippen molar-refractivity contribution in [1.29, 1.82) is 0 Å². The quantitative estimate of drug-likeness (QED) is 0.455. The summed E-state index contributed by atoms with van der Waals surface area (Å²) in [6, 6.07) is 17.1. The molecule has 0 radical (unpaired) electrons. The fourth-order valence-electron chi connectivity index (χ4n) is 4.89. The lowest BCUT2D eigenvalue weighted by molar-refractivity contribution is 0.411. The molecule has 31 heavy (non-hydrogen) atoms. The maximum absolute atomic E-state index is 6.54. The first kappa shape index (κ1) is 19.9. The van der Waals surface area contributed by atoms with E-state index in [-0.39, 0.29) is 0 Å². The van der Waals surface area contributed by atoms with Crippen molar-refractivity contribution in [2.24, 2.45) is 0 Å². The molecule has 0 aromatic heterocycles. The number of rotatable bonds is 4. The predicted molar refractivity (Wildman–Crippen MR) is 132 cm³/mol. The van der Waals surface area contributed by atoms with E-state index in [4.69, 9.17) is 17.0 Å². The minimum absolute atomic E-state index is 0.568. The molecule has 5 rings (SSSR count). The molecule has 3 N–H and O–H groups in total. The highest BCUT2D eigenvalue weighted by molar-refractivity contribution is 7.80. The second-order valence-electron chi connectivity index (χ2n) is 8.24. The van der Waals surface area contributed by atoms with Crippen LogP contribution in [0.4, 0.5) is 11.4 Å². The van der Waals surface area contributed by atoms with Gasteiger partial charge in [0.25, 0.3) is 0 Å². The Balaban J connectivity index is 1.84. The molecule has 0 saturated heterocycles. The lowest BCUT2D eigenvalue weighted by Gasteiger charge is -2.39. The zero-order valence-electron chi connectivity index (χ0n) is 18.3. The summed E-state index contributed by atoms with van der Waals surface area (Å²) in [5, 5.41) is 10.6. The van der Waals surface area contributed by atoms with Gasteiger partial charge in [0.2, 0.25) is 0 Å². The smallest absolute Gasteiger partial charge is 0.135 e. The van der Waals surface area contributed by atoms with Crippen LogP contribution in [0.5, 0.6) is 11.5 Å². The summed E-state index contributed by atoms with van der Waals surface area (Å²) < 4.78 is 6.54. The van der Waals surface area contributed by atoms with E-state index in [1.54, 1.807) is 0 Å². The summed E-state index contributed by atoms with van der Waals surface area (Å²) in [6.07, 6.45) is 0. The lowest BCUT2D eigenvalue weighted by Crippen LogP contribution is -2.43. The van der Waals surface area contributed by atoms with Gasteiger partial charge >= 0.3 is 0 Å². The van der Waals surface area contributed by atoms with Gasteiger partial charge in [-0.05, 0) is 56.5 Å². The van der Waals surface area contributed by atoms with E-state index in [0.717, 1.165) is 57.6 Å². The second kappa shape index (κ2) is 7.27. The molecule has 5 heteroatoms. The number of aryl methyl sites for hydroxylation is 2. The van der Waals surface area contributed by atoms with Crippen molar-refractivity contribution in [2.45, 2.75) is 33.2 Å². The fourth-order valence-corrected chi connectivity index (χ4v) is 5.23. The molecule has 1 spiro atoms. The van der Waals surface area contributed by atoms with E-state index in [2.05, 4.69) is 86.1 Å². The van der Waals surface area contributed by atoms with Crippen LogP contribution >= 0.6 is 12.2 Å². The molecule has 0 fully saturated rings. The lowest BCUT2D eigenvalue weighted by atomic mass is 9.74. The Hall–Kier alpha value is -3.05. The maximum Gasteiger partial charge on any atom is 0.135 e. The van der Waals surface area contributed by atoms with Crippen LogP contribution < -0.4 is 20.7 Å². The minimum Gasteiger partial charge on any atom is -0.456 e. The SMILES string of the molecule is CCNc1cc2c(cc1C)C1(NC(=S)c3ccccc31)c1cc(C)c(NCC)cc1O2. The van der Waals surface area contributed by atoms with Crippen LogP contribution in [0.25, 0.3) is 0 Å². The van der Waals surface area contributed by atoms with Crippen molar-refractivity contribution < 1.29 is 4.74 Å². The Kier molecular flexibility index (Phi) is 4.67. The average Bonchev–Trinajstić information content (AvgIpc) is 3.05. The number of hydrogen-bond donors (Lipinski definition) is 3. The molecule has 2 heterocycles. The molecule has 0 saturated carbocycles. The monoisotopic (exact) mass is 429 g/mol. The van der Waals surface area contributed by atoms with Gasteiger partial charge in [0, 0.05) is 53.3 Å². The first-order valence-corrected chi connectivity index (χ1v) is 11.3. The van der Waals surface area contributed by atoms with Crippen LogP contribution in [0, 0.1) is 13.8 Å². The van der Waals surface area contributed by atoms with Gasteiger partial charge in [-0.2, -0.15) is 0 Å². The van der Waals surface area contributed by atoms with Gasteiger partial charge in [-0.1, -0.05) is 36.5 Å². The van der Waals surface area contributed by atoms with Crippen molar-refractivity contribution >= 4 is 28.6 Å². The zero-order valence-corrected chi connectivity index (χ0v) is 19.2. The minimum atomic E-state index is -0.568. The highest BCUT2D eigenvalue weighted by Crippen LogP contribution is 2.55. The third kappa shape index (κ3) is 2.83. The van der Waals surface area contributed by atoms with E-state index >= 15 is 0 Å². The van der Waals surface area contributed by atoms with E-state index in [1.807, 2.05) is 6.07 Å². The van der Waals surface area contributed by atoms with Gasteiger partial charge in [-0.15, -0.1) is 0 Å². The number of ether oxygens (including phenoxy) is 1. The Labute approximate surface area is 189 Å². The van der Waals surface area contributed by atoms with Gasteiger partial charge in [0.05, 0.1) is 0 Å². The molecular weight excluding hydrogens is 402 g/mol. The molecule has 2 aliphatic rings. The third-order valence-corrected chi connectivity index (χ3v) is 6.61. The van der Waals surface area contributed by atoms with E-state index in [9.17, 15) is 0 Å². The molecule has 3 aromatic rings. The summed E-state index contributed by atoms with van der Waals surface area (Å²) in [4.78, 5) is 0.774. The molecule has 0 bridgehead atoms. The molecule has 3 aromatic carbocycles. The Morgan fingerprint density at radius 3 is 1.94 bits per heavy atom. The van der Waals surface area contributed by atoms with Gasteiger partial charge in [0.15, 0.2) is 0 Å². The number of nitrogens with one attached hydrogen (secondary N) is 3. The normalized spacial score (nSPS) is 14.9. The van der Waals surface area contributed by atoms with Crippen molar-refractivity contribution in [3.8, 4) is 11.5 Å². The van der Waals surface area contributed by atoms with E-state index < -0.39 is 5.54 Å². The van der Waals surface area contributed by atoms with Crippen LogP contribution in [-0.4, -0.2) is 18.1 Å². The molecule has 2 aliphatic heterocycles. The van der Waals surface area contributed by atoms with Gasteiger partial charge in [-0.25, -0.2) is 0 Å². The first-order chi connectivity index (χ1) is 15.0. The molecule has 0 atom stereocenters. The fraction of sp³-hybridized carbons (Fsp3) is 0.269. The largest absolute Gasteiger partial charge is 0.456 e. The number of hydrogen-bond acceptors (Lipinski definition) is 4. The van der Waals surface area contributed by atoms with E-state index in [1.165, 1.54) is 16.7 Å². The summed E-state index contributed by atoms with van der Waals surface area (Å²) in [6.45, 7) is 10.2. The van der Waals surface area contributed by atoms with Crippen LogP contribution in [0.2, 0.25) is 0 Å². The van der Waals surface area contributed by atoms with Crippen LogP contribution in [0.3, 0.4) is 0 Å². The Morgan fingerprint density at radius 2 is 1.39 bits per heavy atom. The summed E-state index contributed by atoms with van der Waals surface area (Å²) >= 11 is 5.81. The molecule has 0 aliphatic carbocycles. The second-order valence-corrected chi connectivity index (χ2v) is 8.65. The van der Waals surface area contributed by atoms with Crippen molar-refractivity contribution in [3.05, 3.63) is 81.9 Å². The number of anilines is 2. The van der Waals surface area contributed by atoms with Crippen molar-refractivity contribution in [3.63, 3.8) is 0 Å². The molecule has 0 amide bonds. The Bertz CT molecular complexity index is 1160. The number of thiocarbonyl (C=S) groups is 1. The van der Waals surface area contributed by atoms with Crippen LogP contribution in [0.1, 0.15) is 47.2 Å². The highest BCUT2D eigenvalue weighted by atomic mass is 32.1. The number of benzene rings is 3. The standard InChI is InChI=1S/C26H27N3OS/c1-5-27-21-13-23-19(11-15(21)3)26(18-10-8-7-9-17(18)25(31)29-26)20-12-16(4)22(28-6-2)14-24(20)30-23/h7-14,27-28H,5-6H2,1-4H3,(H,29,31). The van der Waals surface area contributed by atoms with Gasteiger partial charge < -0.3 is 20.7 Å². The van der Waals surface area contributed by atoms with Crippen LogP contribution in [0.15, 0.2) is 48.5 Å². The highest BCUT2D eigenvalue weighted by Gasteiger charge is 2.50. The summed E-state index contributed by atoms with van der Waals surface area (Å²) in [5.41, 5.74) is 8.44. The van der Waals surface area contributed by atoms with Gasteiger partial charge in [0.1, 0.15) is 22.0 Å². The van der Waals surface area contributed by atoms with Crippen molar-refractivity contribution in [2.75, 3.05) is 23.7 Å². The topological polar surface area (TPSA) is 45.3 Å². The van der Waals surface area contributed by atoms with Crippen molar-refractivity contribution in [1.82, 2.24) is 5.32 Å². The molecule has 0 unspecified atom stereocenters. The average molecular weight is 430 g/mol.